The Labute approximate surface area is 183 Å². The molecule has 31 heavy (non-hydrogen) atoms. The minimum absolute atomic E-state index is 0.0258. The Morgan fingerprint density at radius 3 is 2.52 bits per heavy atom. The van der Waals surface area contributed by atoms with Crippen LogP contribution in [-0.4, -0.2) is 25.0 Å². The molecule has 6 nitrogen and oxygen atoms in total. The van der Waals surface area contributed by atoms with Crippen LogP contribution in [0.5, 0.6) is 11.5 Å². The van der Waals surface area contributed by atoms with Crippen LogP contribution in [0.4, 0.5) is 0 Å². The summed E-state index contributed by atoms with van der Waals surface area (Å²) >= 11 is 0. The first-order valence-electron chi connectivity index (χ1n) is 10.4. The minimum atomic E-state index is -0.522. The number of rotatable bonds is 10. The van der Waals surface area contributed by atoms with Crippen molar-refractivity contribution < 1.29 is 19.1 Å². The summed E-state index contributed by atoms with van der Waals surface area (Å²) in [5, 5.41) is 11.9. The lowest BCUT2D eigenvalue weighted by Gasteiger charge is -2.10. The summed E-state index contributed by atoms with van der Waals surface area (Å²) in [5.74, 6) is 0.417. The van der Waals surface area contributed by atoms with Crippen LogP contribution in [0.3, 0.4) is 0 Å². The van der Waals surface area contributed by atoms with Gasteiger partial charge in [-0.15, -0.1) is 0 Å². The van der Waals surface area contributed by atoms with Gasteiger partial charge in [0.1, 0.15) is 23.1 Å². The van der Waals surface area contributed by atoms with Crippen molar-refractivity contribution in [2.75, 3.05) is 13.2 Å². The largest absolute Gasteiger partial charge is 0.482 e. The van der Waals surface area contributed by atoms with Gasteiger partial charge in [0.25, 0.3) is 5.91 Å². The number of nitrogens with one attached hydrogen (secondary N) is 1. The second-order valence-electron chi connectivity index (χ2n) is 7.34. The summed E-state index contributed by atoms with van der Waals surface area (Å²) in [7, 11) is 0. The number of amides is 1. The zero-order valence-electron chi connectivity index (χ0n) is 18.2. The summed E-state index contributed by atoms with van der Waals surface area (Å²) in [6.07, 6.45) is 3.32. The summed E-state index contributed by atoms with van der Waals surface area (Å²) < 4.78 is 10.8. The SMILES string of the molecule is CCCCNC(=O)/C(C#N)=C/c1ccc(OC(=O)COc2cccc(C(C)C)c2)cc1. The molecule has 0 bridgehead atoms. The van der Waals surface area contributed by atoms with Gasteiger partial charge in [0.15, 0.2) is 6.61 Å². The second kappa shape index (κ2) is 12.2. The predicted octanol–water partition coefficient (Wildman–Crippen LogP) is 4.62. The molecule has 6 heteroatoms. The van der Waals surface area contributed by atoms with Crippen molar-refractivity contribution in [1.82, 2.24) is 5.32 Å². The predicted molar refractivity (Wildman–Crippen MR) is 120 cm³/mol. The molecule has 0 aliphatic carbocycles. The Bertz CT molecular complexity index is 956. The fourth-order valence-electron chi connectivity index (χ4n) is 2.69. The fraction of sp³-hybridized carbons (Fsp3) is 0.320. The lowest BCUT2D eigenvalue weighted by molar-refractivity contribution is -0.136. The molecule has 2 aromatic rings. The van der Waals surface area contributed by atoms with Gasteiger partial charge < -0.3 is 14.8 Å². The maximum Gasteiger partial charge on any atom is 0.349 e. The van der Waals surface area contributed by atoms with E-state index in [1.807, 2.05) is 31.2 Å². The highest BCUT2D eigenvalue weighted by molar-refractivity contribution is 6.01. The number of nitrogens with zero attached hydrogens (tertiary/aromatic N) is 1. The number of ether oxygens (including phenoxy) is 2. The van der Waals surface area contributed by atoms with E-state index in [-0.39, 0.29) is 12.2 Å². The Morgan fingerprint density at radius 1 is 1.13 bits per heavy atom. The first-order valence-corrected chi connectivity index (χ1v) is 10.4. The van der Waals surface area contributed by atoms with E-state index < -0.39 is 11.9 Å². The molecular weight excluding hydrogens is 392 g/mol. The van der Waals surface area contributed by atoms with Crippen LogP contribution < -0.4 is 14.8 Å². The standard InChI is InChI=1S/C25H28N2O4/c1-4-5-13-27-25(29)21(16-26)14-19-9-11-22(12-10-19)31-24(28)17-30-23-8-6-7-20(15-23)18(2)3/h6-12,14-15,18H,4-5,13,17H2,1-3H3,(H,27,29)/b21-14+. The average Bonchev–Trinajstić information content (AvgIpc) is 2.77. The van der Waals surface area contributed by atoms with E-state index in [4.69, 9.17) is 9.47 Å². The van der Waals surface area contributed by atoms with Crippen molar-refractivity contribution in [3.63, 3.8) is 0 Å². The van der Waals surface area contributed by atoms with Gasteiger partial charge in [0.2, 0.25) is 0 Å². The molecule has 0 aliphatic heterocycles. The third kappa shape index (κ3) is 7.98. The molecule has 0 radical (unpaired) electrons. The molecule has 1 amide bonds. The molecule has 0 aromatic heterocycles. The smallest absolute Gasteiger partial charge is 0.349 e. The van der Waals surface area contributed by atoms with Crippen molar-refractivity contribution in [3.05, 3.63) is 65.2 Å². The van der Waals surface area contributed by atoms with Gasteiger partial charge in [-0.2, -0.15) is 5.26 Å². The maximum absolute atomic E-state index is 12.1. The van der Waals surface area contributed by atoms with Gasteiger partial charge in [-0.05, 0) is 53.8 Å². The number of unbranched alkanes of at least 4 members (excludes halogenated alkanes) is 1. The van der Waals surface area contributed by atoms with Crippen molar-refractivity contribution in [2.45, 2.75) is 39.5 Å². The highest BCUT2D eigenvalue weighted by atomic mass is 16.6. The minimum Gasteiger partial charge on any atom is -0.482 e. The van der Waals surface area contributed by atoms with Crippen LogP contribution >= 0.6 is 0 Å². The van der Waals surface area contributed by atoms with Gasteiger partial charge >= 0.3 is 5.97 Å². The number of esters is 1. The van der Waals surface area contributed by atoms with Gasteiger partial charge in [-0.1, -0.05) is 51.5 Å². The zero-order chi connectivity index (χ0) is 22.6. The highest BCUT2D eigenvalue weighted by Gasteiger charge is 2.10. The van der Waals surface area contributed by atoms with Gasteiger partial charge in [-0.3, -0.25) is 4.79 Å². The van der Waals surface area contributed by atoms with Crippen LogP contribution in [0, 0.1) is 11.3 Å². The second-order valence-corrected chi connectivity index (χ2v) is 7.34. The molecule has 162 valence electrons. The van der Waals surface area contributed by atoms with Crippen molar-refractivity contribution in [1.29, 1.82) is 5.26 Å². The summed E-state index contributed by atoms with van der Waals surface area (Å²) in [5.41, 5.74) is 1.81. The van der Waals surface area contributed by atoms with Gasteiger partial charge in [0, 0.05) is 6.54 Å². The van der Waals surface area contributed by atoms with E-state index in [1.54, 1.807) is 30.3 Å². The van der Waals surface area contributed by atoms with Crippen LogP contribution in [0.2, 0.25) is 0 Å². The van der Waals surface area contributed by atoms with Crippen LogP contribution in [-0.2, 0) is 9.59 Å². The van der Waals surface area contributed by atoms with E-state index in [1.165, 1.54) is 6.08 Å². The Kier molecular flexibility index (Phi) is 9.31. The molecule has 0 saturated heterocycles. The topological polar surface area (TPSA) is 88.4 Å². The number of nitriles is 1. The number of benzene rings is 2. The molecule has 0 heterocycles. The molecule has 2 aromatic carbocycles. The van der Waals surface area contributed by atoms with E-state index in [0.29, 0.717) is 29.5 Å². The first kappa shape index (κ1) is 23.7. The van der Waals surface area contributed by atoms with E-state index >= 15 is 0 Å². The molecule has 0 unspecified atom stereocenters. The number of carbonyl (C=O) groups is 2. The molecule has 1 N–H and O–H groups in total. The molecule has 0 saturated carbocycles. The monoisotopic (exact) mass is 420 g/mol. The Hall–Kier alpha value is -3.59. The number of hydrogen-bond donors (Lipinski definition) is 1. The van der Waals surface area contributed by atoms with Crippen molar-refractivity contribution >= 4 is 18.0 Å². The number of carbonyl (C=O) groups excluding carboxylic acids is 2. The van der Waals surface area contributed by atoms with Crippen LogP contribution in [0.25, 0.3) is 6.08 Å². The quantitative estimate of drug-likeness (QED) is 0.199. The van der Waals surface area contributed by atoms with E-state index in [2.05, 4.69) is 19.2 Å². The zero-order valence-corrected chi connectivity index (χ0v) is 18.2. The third-order valence-corrected chi connectivity index (χ3v) is 4.49. The average molecular weight is 421 g/mol. The molecule has 0 atom stereocenters. The molecule has 0 spiro atoms. The molecule has 2 rings (SSSR count). The molecule has 0 fully saturated rings. The van der Waals surface area contributed by atoms with Crippen molar-refractivity contribution in [2.24, 2.45) is 0 Å². The normalized spacial score (nSPS) is 11.0. The lowest BCUT2D eigenvalue weighted by atomic mass is 10.0. The third-order valence-electron chi connectivity index (χ3n) is 4.49. The maximum atomic E-state index is 12.1. The van der Waals surface area contributed by atoms with E-state index in [9.17, 15) is 14.9 Å². The highest BCUT2D eigenvalue weighted by Crippen LogP contribution is 2.20. The first-order chi connectivity index (χ1) is 14.9. The fourth-order valence-corrected chi connectivity index (χ4v) is 2.69. The summed E-state index contributed by atoms with van der Waals surface area (Å²) in [6, 6.07) is 16.1. The molecular formula is C25H28N2O4. The number of hydrogen-bond acceptors (Lipinski definition) is 5. The van der Waals surface area contributed by atoms with Crippen LogP contribution in [0.15, 0.2) is 54.1 Å². The van der Waals surface area contributed by atoms with Gasteiger partial charge in [0.05, 0.1) is 0 Å². The lowest BCUT2D eigenvalue weighted by Crippen LogP contribution is -2.25. The summed E-state index contributed by atoms with van der Waals surface area (Å²) in [4.78, 5) is 24.1. The Morgan fingerprint density at radius 2 is 1.87 bits per heavy atom. The summed E-state index contributed by atoms with van der Waals surface area (Å²) in [6.45, 7) is 6.53. The van der Waals surface area contributed by atoms with Gasteiger partial charge in [-0.25, -0.2) is 4.79 Å². The van der Waals surface area contributed by atoms with Crippen LogP contribution in [0.1, 0.15) is 50.7 Å². The Balaban J connectivity index is 1.91. The van der Waals surface area contributed by atoms with E-state index in [0.717, 1.165) is 18.4 Å². The van der Waals surface area contributed by atoms with Crippen molar-refractivity contribution in [3.8, 4) is 17.6 Å². The molecule has 0 aliphatic rings.